The summed E-state index contributed by atoms with van der Waals surface area (Å²) in [6, 6.07) is 10.4. The molecule has 0 saturated carbocycles. The lowest BCUT2D eigenvalue weighted by Crippen LogP contribution is -2.21. The number of rotatable bonds is 4. The van der Waals surface area contributed by atoms with Crippen LogP contribution in [0.3, 0.4) is 0 Å². The zero-order valence-corrected chi connectivity index (χ0v) is 12.1. The lowest BCUT2D eigenvalue weighted by molar-refractivity contribution is 0.143. The first-order chi connectivity index (χ1) is 9.52. The number of nitrogens with two attached hydrogens (primary N) is 1. The number of benzene rings is 2. The van der Waals surface area contributed by atoms with Gasteiger partial charge in [-0.15, -0.1) is 0 Å². The lowest BCUT2D eigenvalue weighted by atomic mass is 9.89. The molecule has 20 heavy (non-hydrogen) atoms. The van der Waals surface area contributed by atoms with E-state index in [9.17, 15) is 13.9 Å². The number of aliphatic hydroxyl groups is 1. The molecular weight excluding hydrogens is 328 g/mol. The van der Waals surface area contributed by atoms with Gasteiger partial charge in [-0.25, -0.2) is 8.78 Å². The van der Waals surface area contributed by atoms with Gasteiger partial charge in [0.2, 0.25) is 0 Å². The molecule has 2 aromatic rings. The van der Waals surface area contributed by atoms with Crippen molar-refractivity contribution in [1.29, 1.82) is 0 Å². The van der Waals surface area contributed by atoms with Gasteiger partial charge in [0, 0.05) is 28.6 Å². The normalized spacial score (nSPS) is 14.1. The number of halogens is 3. The Bertz CT molecular complexity index is 606. The first kappa shape index (κ1) is 15.1. The van der Waals surface area contributed by atoms with E-state index in [1.807, 2.05) is 24.3 Å². The molecule has 0 aliphatic carbocycles. The van der Waals surface area contributed by atoms with Crippen LogP contribution in [0.1, 0.15) is 23.1 Å². The minimum absolute atomic E-state index is 0.0434. The molecule has 3 N–H and O–H groups in total. The molecule has 0 heterocycles. The van der Waals surface area contributed by atoms with Gasteiger partial charge in [0.15, 0.2) is 0 Å². The Morgan fingerprint density at radius 2 is 1.90 bits per heavy atom. The molecular formula is C15H14BrF2NO. The Morgan fingerprint density at radius 1 is 1.15 bits per heavy atom. The van der Waals surface area contributed by atoms with Gasteiger partial charge in [-0.2, -0.15) is 0 Å². The van der Waals surface area contributed by atoms with E-state index in [0.717, 1.165) is 22.2 Å². The fourth-order valence-corrected chi connectivity index (χ4v) is 2.56. The maximum absolute atomic E-state index is 13.7. The van der Waals surface area contributed by atoms with Crippen LogP contribution in [0.4, 0.5) is 8.78 Å². The summed E-state index contributed by atoms with van der Waals surface area (Å²) < 4.78 is 27.5. The second kappa shape index (κ2) is 6.43. The quantitative estimate of drug-likeness (QED) is 0.893. The van der Waals surface area contributed by atoms with Crippen LogP contribution in [0.5, 0.6) is 0 Å². The molecule has 0 fully saturated rings. The molecule has 2 nitrogen and oxygen atoms in total. The number of hydrogen-bond donors (Lipinski definition) is 2. The highest BCUT2D eigenvalue weighted by Gasteiger charge is 2.24. The molecule has 5 heteroatoms. The van der Waals surface area contributed by atoms with E-state index in [1.165, 1.54) is 6.07 Å². The molecule has 106 valence electrons. The molecule has 0 saturated heterocycles. The monoisotopic (exact) mass is 341 g/mol. The zero-order chi connectivity index (χ0) is 14.7. The van der Waals surface area contributed by atoms with Gasteiger partial charge in [-0.1, -0.05) is 34.1 Å². The number of aliphatic hydroxyl groups excluding tert-OH is 1. The van der Waals surface area contributed by atoms with Crippen molar-refractivity contribution < 1.29 is 13.9 Å². The maximum Gasteiger partial charge on any atom is 0.131 e. The van der Waals surface area contributed by atoms with Crippen LogP contribution in [0, 0.1) is 11.6 Å². The van der Waals surface area contributed by atoms with Crippen LogP contribution in [-0.4, -0.2) is 11.7 Å². The highest BCUT2D eigenvalue weighted by molar-refractivity contribution is 9.10. The minimum atomic E-state index is -1.13. The first-order valence-electron chi connectivity index (χ1n) is 6.11. The minimum Gasteiger partial charge on any atom is -0.388 e. The average Bonchev–Trinajstić information content (AvgIpc) is 2.39. The molecule has 0 aromatic heterocycles. The fraction of sp³-hybridized carbons (Fsp3) is 0.200. The summed E-state index contributed by atoms with van der Waals surface area (Å²) in [5.74, 6) is -1.91. The summed E-state index contributed by atoms with van der Waals surface area (Å²) >= 11 is 3.34. The average molecular weight is 342 g/mol. The van der Waals surface area contributed by atoms with Crippen molar-refractivity contribution in [3.05, 3.63) is 69.7 Å². The number of hydrogen-bond acceptors (Lipinski definition) is 2. The predicted octanol–water partition coefficient (Wildman–Crippen LogP) is 3.50. The lowest BCUT2D eigenvalue weighted by Gasteiger charge is -2.23. The van der Waals surface area contributed by atoms with Crippen LogP contribution in [0.25, 0.3) is 0 Å². The maximum atomic E-state index is 13.7. The zero-order valence-electron chi connectivity index (χ0n) is 10.6. The van der Waals surface area contributed by atoms with Gasteiger partial charge in [-0.3, -0.25) is 0 Å². The van der Waals surface area contributed by atoms with E-state index in [2.05, 4.69) is 15.9 Å². The Hall–Kier alpha value is -1.30. The Balaban J connectivity index is 2.36. The fourth-order valence-electron chi connectivity index (χ4n) is 2.14. The largest absolute Gasteiger partial charge is 0.388 e. The van der Waals surface area contributed by atoms with Gasteiger partial charge in [0.1, 0.15) is 11.6 Å². The smallest absolute Gasteiger partial charge is 0.131 e. The van der Waals surface area contributed by atoms with Crippen molar-refractivity contribution in [2.75, 3.05) is 6.54 Å². The third-order valence-electron chi connectivity index (χ3n) is 3.19. The van der Waals surface area contributed by atoms with Gasteiger partial charge >= 0.3 is 0 Å². The van der Waals surface area contributed by atoms with Gasteiger partial charge in [-0.05, 0) is 23.8 Å². The molecule has 0 spiro atoms. The van der Waals surface area contributed by atoms with Crippen LogP contribution >= 0.6 is 15.9 Å². The third kappa shape index (κ3) is 3.23. The second-order valence-electron chi connectivity index (χ2n) is 4.51. The Labute approximate surface area is 124 Å². The van der Waals surface area contributed by atoms with E-state index >= 15 is 0 Å². The van der Waals surface area contributed by atoms with E-state index < -0.39 is 23.7 Å². The second-order valence-corrected chi connectivity index (χ2v) is 5.42. The first-order valence-corrected chi connectivity index (χ1v) is 6.90. The molecule has 2 unspecified atom stereocenters. The molecule has 0 amide bonds. The van der Waals surface area contributed by atoms with Crippen molar-refractivity contribution in [2.24, 2.45) is 5.73 Å². The van der Waals surface area contributed by atoms with Crippen molar-refractivity contribution in [3.63, 3.8) is 0 Å². The summed E-state index contributed by atoms with van der Waals surface area (Å²) in [6.45, 7) is 0.147. The van der Waals surface area contributed by atoms with Crippen LogP contribution < -0.4 is 5.73 Å². The van der Waals surface area contributed by atoms with E-state index in [4.69, 9.17) is 5.73 Å². The van der Waals surface area contributed by atoms with Crippen molar-refractivity contribution in [2.45, 2.75) is 12.0 Å². The highest BCUT2D eigenvalue weighted by Crippen LogP contribution is 2.32. The molecule has 2 rings (SSSR count). The van der Waals surface area contributed by atoms with E-state index in [0.29, 0.717) is 0 Å². The molecule has 0 bridgehead atoms. The van der Waals surface area contributed by atoms with Crippen LogP contribution in [0.15, 0.2) is 46.9 Å². The van der Waals surface area contributed by atoms with Gasteiger partial charge in [0.05, 0.1) is 6.10 Å². The summed E-state index contributed by atoms with van der Waals surface area (Å²) in [6.07, 6.45) is -1.13. The van der Waals surface area contributed by atoms with Crippen LogP contribution in [-0.2, 0) is 0 Å². The SMILES string of the molecule is NCC(c1cccc(Br)c1)C(O)c1ccc(F)cc1F. The molecule has 2 aromatic carbocycles. The summed E-state index contributed by atoms with van der Waals surface area (Å²) in [5.41, 5.74) is 6.53. The molecule has 0 aliphatic heterocycles. The van der Waals surface area contributed by atoms with Gasteiger partial charge < -0.3 is 10.8 Å². The van der Waals surface area contributed by atoms with Crippen molar-refractivity contribution in [1.82, 2.24) is 0 Å². The van der Waals surface area contributed by atoms with Gasteiger partial charge in [0.25, 0.3) is 0 Å². The van der Waals surface area contributed by atoms with Crippen molar-refractivity contribution in [3.8, 4) is 0 Å². The van der Waals surface area contributed by atoms with E-state index in [-0.39, 0.29) is 12.1 Å². The standard InChI is InChI=1S/C15H14BrF2NO/c16-10-3-1-2-9(6-10)13(8-19)15(20)12-5-4-11(17)7-14(12)18/h1-7,13,15,20H,8,19H2. The highest BCUT2D eigenvalue weighted by atomic mass is 79.9. The van der Waals surface area contributed by atoms with Crippen LogP contribution in [0.2, 0.25) is 0 Å². The predicted molar refractivity (Wildman–Crippen MR) is 77.3 cm³/mol. The molecule has 2 atom stereocenters. The summed E-state index contributed by atoms with van der Waals surface area (Å²) in [5, 5.41) is 10.3. The van der Waals surface area contributed by atoms with E-state index in [1.54, 1.807) is 0 Å². The molecule has 0 radical (unpaired) electrons. The summed E-state index contributed by atoms with van der Waals surface area (Å²) in [4.78, 5) is 0. The summed E-state index contributed by atoms with van der Waals surface area (Å²) in [7, 11) is 0. The molecule has 0 aliphatic rings. The van der Waals surface area contributed by atoms with Crippen molar-refractivity contribution >= 4 is 15.9 Å². The third-order valence-corrected chi connectivity index (χ3v) is 3.69. The Kier molecular flexibility index (Phi) is 4.86. The topological polar surface area (TPSA) is 46.2 Å². The Morgan fingerprint density at radius 3 is 2.50 bits per heavy atom.